The predicted molar refractivity (Wildman–Crippen MR) is 110 cm³/mol. The van der Waals surface area contributed by atoms with E-state index in [1.807, 2.05) is 0 Å². The van der Waals surface area contributed by atoms with Gasteiger partial charge in [-0.15, -0.1) is 0 Å². The van der Waals surface area contributed by atoms with Crippen LogP contribution in [0.3, 0.4) is 0 Å². The number of nitrogens with one attached hydrogen (secondary N) is 1. The third-order valence-corrected chi connectivity index (χ3v) is 5.00. The van der Waals surface area contributed by atoms with Crippen LogP contribution in [0.4, 0.5) is 17.6 Å². The average molecular weight is 469 g/mol. The molecule has 6 nitrogen and oxygen atoms in total. The van der Waals surface area contributed by atoms with E-state index in [9.17, 15) is 31.9 Å². The first-order valence-corrected chi connectivity index (χ1v) is 10.1. The second-order valence-corrected chi connectivity index (χ2v) is 6.99. The van der Waals surface area contributed by atoms with E-state index in [2.05, 4.69) is 5.32 Å². The van der Waals surface area contributed by atoms with Gasteiger partial charge in [0, 0.05) is 5.92 Å². The minimum Gasteiger partial charge on any atom is -0.464 e. The summed E-state index contributed by atoms with van der Waals surface area (Å²) in [5.74, 6) is -6.17. The number of ether oxygens (including phenoxy) is 2. The Bertz CT molecular complexity index is 1000. The topological polar surface area (TPSA) is 81.7 Å². The van der Waals surface area contributed by atoms with E-state index in [1.54, 1.807) is 0 Å². The monoisotopic (exact) mass is 469 g/mol. The van der Waals surface area contributed by atoms with Crippen LogP contribution in [0.5, 0.6) is 0 Å². The summed E-state index contributed by atoms with van der Waals surface area (Å²) in [4.78, 5) is 39.2. The molecule has 1 unspecified atom stereocenters. The van der Waals surface area contributed by atoms with Crippen LogP contribution in [-0.2, 0) is 25.2 Å². The largest absolute Gasteiger partial charge is 0.464 e. The first-order valence-electron chi connectivity index (χ1n) is 10.1. The van der Waals surface area contributed by atoms with Crippen molar-refractivity contribution in [3.8, 4) is 0 Å². The SMILES string of the molecule is CCOC(=O)C(NC(=O)c1ccccc1C(F)(F)F)(C(=O)OCC)C(C)c1ccccc1F. The summed E-state index contributed by atoms with van der Waals surface area (Å²) in [7, 11) is 0. The van der Waals surface area contributed by atoms with Gasteiger partial charge in [0.2, 0.25) is 5.54 Å². The van der Waals surface area contributed by atoms with Gasteiger partial charge in [0.05, 0.1) is 24.3 Å². The molecule has 1 atom stereocenters. The third-order valence-electron chi connectivity index (χ3n) is 5.00. The van der Waals surface area contributed by atoms with Crippen molar-refractivity contribution in [2.75, 3.05) is 13.2 Å². The molecule has 0 fully saturated rings. The second kappa shape index (κ2) is 10.5. The predicted octanol–water partition coefficient (Wildman–Crippen LogP) is 4.24. The number of alkyl halides is 3. The molecule has 2 rings (SSSR count). The third kappa shape index (κ3) is 5.32. The van der Waals surface area contributed by atoms with E-state index < -0.39 is 52.4 Å². The maximum atomic E-state index is 14.6. The summed E-state index contributed by atoms with van der Waals surface area (Å²) in [6, 6.07) is 9.04. The number of benzene rings is 2. The molecule has 0 radical (unpaired) electrons. The highest BCUT2D eigenvalue weighted by atomic mass is 19.4. The number of hydrogen-bond donors (Lipinski definition) is 1. The minimum absolute atomic E-state index is 0.150. The lowest BCUT2D eigenvalue weighted by Crippen LogP contribution is -2.64. The molecule has 0 aromatic heterocycles. The van der Waals surface area contributed by atoms with E-state index >= 15 is 0 Å². The molecule has 0 aliphatic heterocycles. The highest BCUT2D eigenvalue weighted by molar-refractivity contribution is 6.11. The summed E-state index contributed by atoms with van der Waals surface area (Å²) in [6.07, 6.45) is -4.89. The molecule has 0 saturated heterocycles. The zero-order valence-electron chi connectivity index (χ0n) is 18.2. The highest BCUT2D eigenvalue weighted by Gasteiger charge is 2.56. The molecular weight excluding hydrogens is 446 g/mol. The van der Waals surface area contributed by atoms with Gasteiger partial charge in [0.1, 0.15) is 5.82 Å². The molecule has 0 spiro atoms. The average Bonchev–Trinajstić information content (AvgIpc) is 2.77. The molecule has 178 valence electrons. The molecule has 0 bridgehead atoms. The number of hydrogen-bond acceptors (Lipinski definition) is 5. The van der Waals surface area contributed by atoms with Gasteiger partial charge in [-0.2, -0.15) is 13.2 Å². The van der Waals surface area contributed by atoms with Crippen molar-refractivity contribution in [2.45, 2.75) is 38.4 Å². The maximum Gasteiger partial charge on any atom is 0.417 e. The molecule has 0 aliphatic rings. The molecule has 0 aliphatic carbocycles. The number of carbonyl (C=O) groups is 3. The van der Waals surface area contributed by atoms with Gasteiger partial charge in [-0.3, -0.25) is 4.79 Å². The van der Waals surface area contributed by atoms with Gasteiger partial charge in [0.25, 0.3) is 5.91 Å². The molecule has 1 amide bonds. The van der Waals surface area contributed by atoms with Crippen LogP contribution in [0.1, 0.15) is 48.2 Å². The van der Waals surface area contributed by atoms with Crippen molar-refractivity contribution < 1.29 is 41.4 Å². The minimum atomic E-state index is -4.89. The fourth-order valence-corrected chi connectivity index (χ4v) is 3.37. The molecule has 2 aromatic carbocycles. The quantitative estimate of drug-likeness (QED) is 0.355. The van der Waals surface area contributed by atoms with Crippen LogP contribution in [-0.4, -0.2) is 36.6 Å². The van der Waals surface area contributed by atoms with Crippen molar-refractivity contribution >= 4 is 17.8 Å². The van der Waals surface area contributed by atoms with Crippen LogP contribution in [0, 0.1) is 5.82 Å². The van der Waals surface area contributed by atoms with Crippen molar-refractivity contribution in [2.24, 2.45) is 0 Å². The highest BCUT2D eigenvalue weighted by Crippen LogP contribution is 2.35. The molecule has 10 heteroatoms. The summed E-state index contributed by atoms with van der Waals surface area (Å²) in [6.45, 7) is 3.69. The summed E-state index contributed by atoms with van der Waals surface area (Å²) in [5, 5.41) is 2.10. The zero-order chi connectivity index (χ0) is 24.8. The van der Waals surface area contributed by atoms with Crippen LogP contribution in [0.2, 0.25) is 0 Å². The van der Waals surface area contributed by atoms with E-state index in [-0.39, 0.29) is 18.8 Å². The molecule has 0 saturated carbocycles. The van der Waals surface area contributed by atoms with Crippen molar-refractivity contribution in [1.29, 1.82) is 0 Å². The smallest absolute Gasteiger partial charge is 0.417 e. The molecular formula is C23H23F4NO5. The first-order chi connectivity index (χ1) is 15.5. The van der Waals surface area contributed by atoms with E-state index in [0.717, 1.165) is 18.2 Å². The number of amides is 1. The van der Waals surface area contributed by atoms with Crippen molar-refractivity contribution in [3.63, 3.8) is 0 Å². The van der Waals surface area contributed by atoms with Gasteiger partial charge in [-0.25, -0.2) is 14.0 Å². The molecule has 33 heavy (non-hydrogen) atoms. The Labute approximate surface area is 187 Å². The fraction of sp³-hybridized carbons (Fsp3) is 0.348. The van der Waals surface area contributed by atoms with Crippen molar-refractivity contribution in [1.82, 2.24) is 5.32 Å². The lowest BCUT2D eigenvalue weighted by atomic mass is 9.79. The standard InChI is InChI=1S/C23H23F4NO5/c1-4-32-20(30)22(21(31)33-5-2,14(3)15-10-7-9-13-18(15)24)28-19(29)16-11-6-8-12-17(16)23(25,26)27/h6-14H,4-5H2,1-3H3,(H,28,29). The van der Waals surface area contributed by atoms with Gasteiger partial charge in [-0.05, 0) is 37.6 Å². The Kier molecular flexibility index (Phi) is 8.18. The number of rotatable bonds is 8. The number of esters is 2. The molecule has 2 aromatic rings. The van der Waals surface area contributed by atoms with Gasteiger partial charge < -0.3 is 14.8 Å². The molecule has 1 N–H and O–H groups in total. The normalized spacial score (nSPS) is 12.6. The maximum absolute atomic E-state index is 14.6. The lowest BCUT2D eigenvalue weighted by Gasteiger charge is -2.35. The van der Waals surface area contributed by atoms with Crippen LogP contribution < -0.4 is 5.32 Å². The van der Waals surface area contributed by atoms with Crippen molar-refractivity contribution in [3.05, 3.63) is 71.0 Å². The Morgan fingerprint density at radius 3 is 1.94 bits per heavy atom. The lowest BCUT2D eigenvalue weighted by molar-refractivity contribution is -0.167. The summed E-state index contributed by atoms with van der Waals surface area (Å²) in [5.41, 5.74) is -4.92. The number of halogens is 4. The Hall–Kier alpha value is -3.43. The fourth-order valence-electron chi connectivity index (χ4n) is 3.37. The van der Waals surface area contributed by atoms with E-state index in [4.69, 9.17) is 9.47 Å². The van der Waals surface area contributed by atoms with Gasteiger partial charge in [-0.1, -0.05) is 37.3 Å². The van der Waals surface area contributed by atoms with Crippen LogP contribution in [0.25, 0.3) is 0 Å². The molecule has 0 heterocycles. The van der Waals surface area contributed by atoms with Crippen LogP contribution >= 0.6 is 0 Å². The summed E-state index contributed by atoms with van der Waals surface area (Å²) >= 11 is 0. The second-order valence-electron chi connectivity index (χ2n) is 6.99. The van der Waals surface area contributed by atoms with E-state index in [0.29, 0.717) is 6.07 Å². The zero-order valence-corrected chi connectivity index (χ0v) is 18.2. The van der Waals surface area contributed by atoms with Crippen LogP contribution in [0.15, 0.2) is 48.5 Å². The Balaban J connectivity index is 2.71. The number of carbonyl (C=O) groups excluding carboxylic acids is 3. The first kappa shape index (κ1) is 25.8. The van der Waals surface area contributed by atoms with E-state index in [1.165, 1.54) is 45.0 Å². The van der Waals surface area contributed by atoms with Gasteiger partial charge in [0.15, 0.2) is 0 Å². The van der Waals surface area contributed by atoms with Gasteiger partial charge >= 0.3 is 18.1 Å². The Morgan fingerprint density at radius 2 is 1.42 bits per heavy atom. The summed E-state index contributed by atoms with van der Waals surface area (Å²) < 4.78 is 65.0. The Morgan fingerprint density at radius 1 is 0.909 bits per heavy atom.